The van der Waals surface area contributed by atoms with Gasteiger partial charge < -0.3 is 8.83 Å². The SMILES string of the molecule is O=c1c2c(oc3cc4occc4cc13)CCC2. The normalized spacial score (nSPS) is 14.6. The molecule has 1 aromatic carbocycles. The smallest absolute Gasteiger partial charge is 0.196 e. The molecule has 0 fully saturated rings. The Labute approximate surface area is 96.6 Å². The van der Waals surface area contributed by atoms with Crippen LogP contribution in [0.1, 0.15) is 17.7 Å². The van der Waals surface area contributed by atoms with Crippen LogP contribution < -0.4 is 5.43 Å². The maximum absolute atomic E-state index is 12.3. The topological polar surface area (TPSA) is 43.4 Å². The van der Waals surface area contributed by atoms with Gasteiger partial charge in [-0.15, -0.1) is 0 Å². The van der Waals surface area contributed by atoms with Crippen molar-refractivity contribution in [1.82, 2.24) is 0 Å². The Hall–Kier alpha value is -2.03. The molecular weight excluding hydrogens is 216 g/mol. The minimum absolute atomic E-state index is 0.127. The van der Waals surface area contributed by atoms with Crippen molar-refractivity contribution in [1.29, 1.82) is 0 Å². The van der Waals surface area contributed by atoms with Crippen molar-refractivity contribution in [3.63, 3.8) is 0 Å². The summed E-state index contributed by atoms with van der Waals surface area (Å²) in [5.74, 6) is 0.855. The zero-order chi connectivity index (χ0) is 11.4. The van der Waals surface area contributed by atoms with Crippen LogP contribution in [0.3, 0.4) is 0 Å². The summed E-state index contributed by atoms with van der Waals surface area (Å²) < 4.78 is 11.1. The van der Waals surface area contributed by atoms with Crippen molar-refractivity contribution in [2.45, 2.75) is 19.3 Å². The first-order valence-corrected chi connectivity index (χ1v) is 5.79. The van der Waals surface area contributed by atoms with Gasteiger partial charge in [0.15, 0.2) is 5.43 Å². The van der Waals surface area contributed by atoms with Gasteiger partial charge in [-0.2, -0.15) is 0 Å². The van der Waals surface area contributed by atoms with E-state index in [1.165, 1.54) is 0 Å². The molecule has 0 radical (unpaired) electrons. The molecule has 0 saturated carbocycles. The highest BCUT2D eigenvalue weighted by Gasteiger charge is 2.19. The van der Waals surface area contributed by atoms with E-state index in [0.29, 0.717) is 11.0 Å². The van der Waals surface area contributed by atoms with Gasteiger partial charge >= 0.3 is 0 Å². The lowest BCUT2D eigenvalue weighted by Gasteiger charge is -2.01. The maximum atomic E-state index is 12.3. The third-order valence-corrected chi connectivity index (χ3v) is 3.47. The lowest BCUT2D eigenvalue weighted by Crippen LogP contribution is -2.08. The number of aryl methyl sites for hydroxylation is 1. The minimum Gasteiger partial charge on any atom is -0.464 e. The Morgan fingerprint density at radius 3 is 3.00 bits per heavy atom. The van der Waals surface area contributed by atoms with E-state index >= 15 is 0 Å². The van der Waals surface area contributed by atoms with Crippen molar-refractivity contribution < 1.29 is 8.83 Å². The summed E-state index contributed by atoms with van der Waals surface area (Å²) in [4.78, 5) is 12.3. The molecule has 1 aliphatic rings. The van der Waals surface area contributed by atoms with Crippen LogP contribution in [-0.2, 0) is 12.8 Å². The van der Waals surface area contributed by atoms with Crippen LogP contribution in [0, 0.1) is 0 Å². The predicted molar refractivity (Wildman–Crippen MR) is 64.3 cm³/mol. The van der Waals surface area contributed by atoms with Gasteiger partial charge in [0.25, 0.3) is 0 Å². The number of benzene rings is 1. The molecular formula is C14H10O3. The molecule has 1 aliphatic carbocycles. The Bertz CT molecular complexity index is 792. The largest absolute Gasteiger partial charge is 0.464 e. The molecule has 0 atom stereocenters. The molecule has 0 bridgehead atoms. The van der Waals surface area contributed by atoms with E-state index in [9.17, 15) is 4.79 Å². The fraction of sp³-hybridized carbons (Fsp3) is 0.214. The molecule has 0 N–H and O–H groups in total. The lowest BCUT2D eigenvalue weighted by molar-refractivity contribution is 0.544. The molecule has 84 valence electrons. The summed E-state index contributed by atoms with van der Waals surface area (Å²) in [5.41, 5.74) is 2.39. The molecule has 0 spiro atoms. The molecule has 4 rings (SSSR count). The quantitative estimate of drug-likeness (QED) is 0.591. The summed E-state index contributed by atoms with van der Waals surface area (Å²) >= 11 is 0. The molecule has 0 saturated heterocycles. The van der Waals surface area contributed by atoms with Crippen molar-refractivity contribution in [3.05, 3.63) is 46.0 Å². The summed E-state index contributed by atoms with van der Waals surface area (Å²) in [6.45, 7) is 0. The second-order valence-corrected chi connectivity index (χ2v) is 4.49. The van der Waals surface area contributed by atoms with Crippen molar-refractivity contribution >= 4 is 21.9 Å². The molecule has 0 unspecified atom stereocenters. The first-order chi connectivity index (χ1) is 8.33. The van der Waals surface area contributed by atoms with Gasteiger partial charge in [-0.05, 0) is 25.0 Å². The van der Waals surface area contributed by atoms with E-state index in [4.69, 9.17) is 8.83 Å². The Kier molecular flexibility index (Phi) is 1.60. The molecule has 2 heterocycles. The average molecular weight is 226 g/mol. The number of rotatable bonds is 0. The van der Waals surface area contributed by atoms with E-state index in [0.717, 1.165) is 41.6 Å². The fourth-order valence-electron chi connectivity index (χ4n) is 2.62. The van der Waals surface area contributed by atoms with Crippen LogP contribution in [0.4, 0.5) is 0 Å². The van der Waals surface area contributed by atoms with Crippen molar-refractivity contribution in [3.8, 4) is 0 Å². The number of furan rings is 1. The second-order valence-electron chi connectivity index (χ2n) is 4.49. The summed E-state index contributed by atoms with van der Waals surface area (Å²) in [7, 11) is 0. The van der Waals surface area contributed by atoms with Crippen LogP contribution in [0.5, 0.6) is 0 Å². The summed E-state index contributed by atoms with van der Waals surface area (Å²) in [6.07, 6.45) is 4.36. The van der Waals surface area contributed by atoms with Crippen LogP contribution in [0.2, 0.25) is 0 Å². The molecule has 3 nitrogen and oxygen atoms in total. The molecule has 2 aromatic heterocycles. The third kappa shape index (κ3) is 1.14. The summed E-state index contributed by atoms with van der Waals surface area (Å²) in [5, 5.41) is 1.61. The molecule has 0 amide bonds. The standard InChI is InChI=1S/C14H10O3/c15-14-9-2-1-3-11(9)17-13-7-12-8(4-5-16-12)6-10(13)14/h4-7H,1-3H2. The number of hydrogen-bond acceptors (Lipinski definition) is 3. The van der Waals surface area contributed by atoms with E-state index < -0.39 is 0 Å². The van der Waals surface area contributed by atoms with Gasteiger partial charge in [0.2, 0.25) is 0 Å². The highest BCUT2D eigenvalue weighted by atomic mass is 16.3. The van der Waals surface area contributed by atoms with E-state index in [-0.39, 0.29) is 5.43 Å². The number of hydrogen-bond donors (Lipinski definition) is 0. The monoisotopic (exact) mass is 226 g/mol. The first-order valence-electron chi connectivity index (χ1n) is 5.79. The number of fused-ring (bicyclic) bond motifs is 3. The Balaban J connectivity index is 2.23. The van der Waals surface area contributed by atoms with Crippen molar-refractivity contribution in [2.24, 2.45) is 0 Å². The highest BCUT2D eigenvalue weighted by Crippen LogP contribution is 2.27. The Morgan fingerprint density at radius 1 is 1.12 bits per heavy atom. The van der Waals surface area contributed by atoms with Gasteiger partial charge in [-0.25, -0.2) is 0 Å². The first kappa shape index (κ1) is 9.05. The summed E-state index contributed by atoms with van der Waals surface area (Å²) in [6, 6.07) is 5.53. The van der Waals surface area contributed by atoms with Crippen LogP contribution in [-0.4, -0.2) is 0 Å². The second kappa shape index (κ2) is 3.00. The van der Waals surface area contributed by atoms with E-state index in [1.54, 1.807) is 6.26 Å². The lowest BCUT2D eigenvalue weighted by atomic mass is 10.1. The van der Waals surface area contributed by atoms with Gasteiger partial charge in [0.1, 0.15) is 16.9 Å². The average Bonchev–Trinajstić information content (AvgIpc) is 2.94. The highest BCUT2D eigenvalue weighted by molar-refractivity contribution is 5.93. The molecule has 0 aliphatic heterocycles. The predicted octanol–water partition coefficient (Wildman–Crippen LogP) is 3.03. The molecule has 17 heavy (non-hydrogen) atoms. The fourth-order valence-corrected chi connectivity index (χ4v) is 2.62. The van der Waals surface area contributed by atoms with Crippen molar-refractivity contribution in [2.75, 3.05) is 0 Å². The Morgan fingerprint density at radius 2 is 2.06 bits per heavy atom. The van der Waals surface area contributed by atoms with Crippen LogP contribution in [0.25, 0.3) is 21.9 Å². The zero-order valence-electron chi connectivity index (χ0n) is 9.16. The minimum atomic E-state index is 0.127. The molecule has 3 aromatic rings. The van der Waals surface area contributed by atoms with E-state index in [1.807, 2.05) is 18.2 Å². The maximum Gasteiger partial charge on any atom is 0.196 e. The van der Waals surface area contributed by atoms with Crippen LogP contribution in [0.15, 0.2) is 38.1 Å². The van der Waals surface area contributed by atoms with Gasteiger partial charge in [0, 0.05) is 23.4 Å². The van der Waals surface area contributed by atoms with Gasteiger partial charge in [0.05, 0.1) is 11.6 Å². The van der Waals surface area contributed by atoms with Gasteiger partial charge in [-0.1, -0.05) is 0 Å². The van der Waals surface area contributed by atoms with E-state index in [2.05, 4.69) is 0 Å². The zero-order valence-corrected chi connectivity index (χ0v) is 9.16. The molecule has 3 heteroatoms. The third-order valence-electron chi connectivity index (χ3n) is 3.47. The van der Waals surface area contributed by atoms with Crippen LogP contribution >= 0.6 is 0 Å². The van der Waals surface area contributed by atoms with Gasteiger partial charge in [-0.3, -0.25) is 4.79 Å².